The number of aliphatic hydroxyl groups excluding tert-OH is 1. The van der Waals surface area contributed by atoms with Gasteiger partial charge in [-0.15, -0.1) is 10.2 Å². The fourth-order valence-corrected chi connectivity index (χ4v) is 2.44. The first-order valence-electron chi connectivity index (χ1n) is 5.76. The van der Waals surface area contributed by atoms with Crippen molar-refractivity contribution >= 4 is 11.8 Å². The van der Waals surface area contributed by atoms with Crippen LogP contribution in [-0.4, -0.2) is 26.5 Å². The van der Waals surface area contributed by atoms with E-state index in [9.17, 15) is 8.78 Å². The van der Waals surface area contributed by atoms with E-state index in [4.69, 9.17) is 5.11 Å². The molecule has 0 aliphatic rings. The Kier molecular flexibility index (Phi) is 4.91. The average molecular weight is 301 g/mol. The predicted octanol–water partition coefficient (Wildman–Crippen LogP) is 2.20. The van der Waals surface area contributed by atoms with E-state index in [1.165, 1.54) is 17.8 Å². The van der Waals surface area contributed by atoms with Crippen LogP contribution in [0.25, 0.3) is 0 Å². The summed E-state index contributed by atoms with van der Waals surface area (Å²) in [5.41, 5.74) is 0.835. The van der Waals surface area contributed by atoms with Crippen molar-refractivity contribution < 1.29 is 18.6 Å². The van der Waals surface area contributed by atoms with Crippen molar-refractivity contribution in [3.8, 4) is 5.75 Å². The molecule has 2 rings (SSSR count). The molecule has 0 aliphatic carbocycles. The highest BCUT2D eigenvalue weighted by molar-refractivity contribution is 7.98. The Bertz CT molecular complexity index is 578. The summed E-state index contributed by atoms with van der Waals surface area (Å²) in [4.78, 5) is 0. The molecule has 1 N–H and O–H groups in total. The molecule has 0 aliphatic heterocycles. The zero-order valence-electron chi connectivity index (χ0n) is 10.7. The summed E-state index contributed by atoms with van der Waals surface area (Å²) in [5, 5.41) is 17.4. The van der Waals surface area contributed by atoms with Crippen LogP contribution < -0.4 is 4.74 Å². The van der Waals surface area contributed by atoms with Gasteiger partial charge in [-0.1, -0.05) is 23.9 Å². The second-order valence-corrected chi connectivity index (χ2v) is 4.87. The zero-order chi connectivity index (χ0) is 14.5. The summed E-state index contributed by atoms with van der Waals surface area (Å²) >= 11 is 1.40. The highest BCUT2D eigenvalue weighted by Gasteiger charge is 2.09. The molecule has 0 saturated carbocycles. The van der Waals surface area contributed by atoms with Gasteiger partial charge in [-0.25, -0.2) is 0 Å². The van der Waals surface area contributed by atoms with E-state index in [1.54, 1.807) is 23.7 Å². The Morgan fingerprint density at radius 1 is 1.40 bits per heavy atom. The van der Waals surface area contributed by atoms with Crippen LogP contribution in [0.2, 0.25) is 0 Å². The van der Waals surface area contributed by atoms with Gasteiger partial charge in [0, 0.05) is 12.8 Å². The SMILES string of the molecule is Cn1c(CO)nnc1SCc1cccc(OC(F)F)c1. The molecule has 0 atom stereocenters. The van der Waals surface area contributed by atoms with Crippen molar-refractivity contribution in [3.63, 3.8) is 0 Å². The number of thioether (sulfide) groups is 1. The molecule has 0 spiro atoms. The van der Waals surface area contributed by atoms with Crippen LogP contribution in [0.4, 0.5) is 8.78 Å². The number of alkyl halides is 2. The lowest BCUT2D eigenvalue weighted by Crippen LogP contribution is -2.02. The maximum Gasteiger partial charge on any atom is 0.387 e. The van der Waals surface area contributed by atoms with Gasteiger partial charge in [0.05, 0.1) is 0 Å². The molecule has 1 heterocycles. The molecule has 8 heteroatoms. The van der Waals surface area contributed by atoms with Crippen molar-refractivity contribution in [2.24, 2.45) is 7.05 Å². The summed E-state index contributed by atoms with van der Waals surface area (Å²) in [6.07, 6.45) is 0. The second kappa shape index (κ2) is 6.67. The van der Waals surface area contributed by atoms with E-state index in [1.807, 2.05) is 6.07 Å². The highest BCUT2D eigenvalue weighted by atomic mass is 32.2. The van der Waals surface area contributed by atoms with Crippen LogP contribution in [-0.2, 0) is 19.4 Å². The molecule has 5 nitrogen and oxygen atoms in total. The molecule has 108 valence electrons. The number of hydrogen-bond donors (Lipinski definition) is 1. The van der Waals surface area contributed by atoms with Crippen LogP contribution in [0, 0.1) is 0 Å². The van der Waals surface area contributed by atoms with Gasteiger partial charge in [0.15, 0.2) is 11.0 Å². The Hall–Kier alpha value is -1.67. The molecule has 2 aromatic rings. The number of halogens is 2. The first-order valence-corrected chi connectivity index (χ1v) is 6.74. The maximum absolute atomic E-state index is 12.1. The van der Waals surface area contributed by atoms with Crippen molar-refractivity contribution in [1.29, 1.82) is 0 Å². The third-order valence-corrected chi connectivity index (χ3v) is 3.65. The third kappa shape index (κ3) is 3.67. The maximum atomic E-state index is 12.1. The standard InChI is InChI=1S/C12H13F2N3O2S/c1-17-10(6-18)15-16-12(17)20-7-8-3-2-4-9(5-8)19-11(13)14/h2-5,11,18H,6-7H2,1H3. The lowest BCUT2D eigenvalue weighted by Gasteiger charge is -2.06. The van der Waals surface area contributed by atoms with E-state index in [2.05, 4.69) is 14.9 Å². The number of ether oxygens (including phenoxy) is 1. The normalized spacial score (nSPS) is 11.1. The Morgan fingerprint density at radius 3 is 2.85 bits per heavy atom. The van der Waals surface area contributed by atoms with Gasteiger partial charge in [-0.3, -0.25) is 0 Å². The first kappa shape index (κ1) is 14.7. The highest BCUT2D eigenvalue weighted by Crippen LogP contribution is 2.24. The summed E-state index contributed by atoms with van der Waals surface area (Å²) < 4.78 is 30.3. The smallest absolute Gasteiger partial charge is 0.387 e. The third-order valence-electron chi connectivity index (χ3n) is 2.56. The first-order chi connectivity index (χ1) is 9.60. The molecular formula is C12H13F2N3O2S. The van der Waals surface area contributed by atoms with Gasteiger partial charge >= 0.3 is 6.61 Å². The molecule has 0 saturated heterocycles. The van der Waals surface area contributed by atoms with Crippen LogP contribution in [0.1, 0.15) is 11.4 Å². The quantitative estimate of drug-likeness (QED) is 0.829. The molecule has 0 fully saturated rings. The summed E-state index contributed by atoms with van der Waals surface area (Å²) in [7, 11) is 1.75. The minimum Gasteiger partial charge on any atom is -0.435 e. The minimum absolute atomic E-state index is 0.132. The van der Waals surface area contributed by atoms with E-state index in [0.29, 0.717) is 16.7 Å². The number of aromatic nitrogens is 3. The monoisotopic (exact) mass is 301 g/mol. The summed E-state index contributed by atoms with van der Waals surface area (Å²) in [6, 6.07) is 6.51. The van der Waals surface area contributed by atoms with Crippen LogP contribution >= 0.6 is 11.8 Å². The van der Waals surface area contributed by atoms with Crippen molar-refractivity contribution in [3.05, 3.63) is 35.7 Å². The molecule has 0 bridgehead atoms. The van der Waals surface area contributed by atoms with E-state index in [0.717, 1.165) is 5.56 Å². The van der Waals surface area contributed by atoms with Gasteiger partial charge in [0.2, 0.25) is 0 Å². The number of aliphatic hydroxyl groups is 1. The molecule has 0 radical (unpaired) electrons. The summed E-state index contributed by atoms with van der Waals surface area (Å²) in [6.45, 7) is -3.01. The minimum atomic E-state index is -2.83. The Labute approximate surface area is 118 Å². The fourth-order valence-electron chi connectivity index (χ4n) is 1.57. The van der Waals surface area contributed by atoms with Crippen molar-refractivity contribution in [2.45, 2.75) is 24.1 Å². The Morgan fingerprint density at radius 2 is 2.20 bits per heavy atom. The number of benzene rings is 1. The fraction of sp³-hybridized carbons (Fsp3) is 0.333. The van der Waals surface area contributed by atoms with E-state index < -0.39 is 6.61 Å². The summed E-state index contributed by atoms with van der Waals surface area (Å²) in [5.74, 6) is 1.15. The number of nitrogens with zero attached hydrogens (tertiary/aromatic N) is 3. The van der Waals surface area contributed by atoms with Gasteiger partial charge < -0.3 is 14.4 Å². The van der Waals surface area contributed by atoms with Crippen LogP contribution in [0.5, 0.6) is 5.75 Å². The van der Waals surface area contributed by atoms with Crippen LogP contribution in [0.3, 0.4) is 0 Å². The molecule has 1 aromatic carbocycles. The second-order valence-electron chi connectivity index (χ2n) is 3.93. The zero-order valence-corrected chi connectivity index (χ0v) is 11.5. The average Bonchev–Trinajstić information content (AvgIpc) is 2.76. The molecule has 20 heavy (non-hydrogen) atoms. The molecule has 1 aromatic heterocycles. The lowest BCUT2D eigenvalue weighted by atomic mass is 10.2. The predicted molar refractivity (Wildman–Crippen MR) is 69.6 cm³/mol. The van der Waals surface area contributed by atoms with Gasteiger partial charge in [-0.2, -0.15) is 8.78 Å². The molecule has 0 unspecified atom stereocenters. The number of rotatable bonds is 6. The van der Waals surface area contributed by atoms with Gasteiger partial charge in [0.25, 0.3) is 0 Å². The van der Waals surface area contributed by atoms with E-state index in [-0.39, 0.29) is 12.4 Å². The molecule has 0 amide bonds. The van der Waals surface area contributed by atoms with Gasteiger partial charge in [-0.05, 0) is 17.7 Å². The lowest BCUT2D eigenvalue weighted by molar-refractivity contribution is -0.0498. The van der Waals surface area contributed by atoms with Crippen molar-refractivity contribution in [2.75, 3.05) is 0 Å². The Balaban J connectivity index is 2.01. The molecular weight excluding hydrogens is 288 g/mol. The topological polar surface area (TPSA) is 60.2 Å². The van der Waals surface area contributed by atoms with E-state index >= 15 is 0 Å². The van der Waals surface area contributed by atoms with Crippen molar-refractivity contribution in [1.82, 2.24) is 14.8 Å². The van der Waals surface area contributed by atoms with Gasteiger partial charge in [0.1, 0.15) is 12.4 Å². The largest absolute Gasteiger partial charge is 0.435 e. The van der Waals surface area contributed by atoms with Crippen LogP contribution in [0.15, 0.2) is 29.4 Å². The number of hydrogen-bond acceptors (Lipinski definition) is 5.